The van der Waals surface area contributed by atoms with E-state index in [0.717, 1.165) is 5.56 Å². The lowest BCUT2D eigenvalue weighted by Crippen LogP contribution is -2.33. The van der Waals surface area contributed by atoms with Crippen LogP contribution in [0.2, 0.25) is 0 Å². The number of Topliss-reactive ketones (excluding diaryl/α,β-unsaturated/α-hetero) is 1. The summed E-state index contributed by atoms with van der Waals surface area (Å²) in [6, 6.07) is 11.6. The normalized spacial score (nSPS) is 20.8. The van der Waals surface area contributed by atoms with E-state index < -0.39 is 17.7 Å². The maximum Gasteiger partial charge on any atom is 0.163 e. The average molecular weight is 328 g/mol. The predicted molar refractivity (Wildman–Crippen MR) is 89.3 cm³/mol. The minimum atomic E-state index is -0.830. The number of allylic oxidation sites excluding steroid dienone is 3. The fraction of sp³-hybridized carbons (Fsp3) is 0.368. The molecule has 0 aliphatic heterocycles. The Balaban J connectivity index is 2.43. The van der Waals surface area contributed by atoms with E-state index in [-0.39, 0.29) is 29.3 Å². The molecule has 2 unspecified atom stereocenters. The Kier molecular flexibility index (Phi) is 5.88. The number of carbonyl (C=O) groups is 1. The number of hydrogen-bond acceptors (Lipinski definition) is 4. The molecule has 0 spiro atoms. The third-order valence-corrected chi connectivity index (χ3v) is 4.14. The zero-order valence-electron chi connectivity index (χ0n) is 14.1. The quantitative estimate of drug-likeness (QED) is 0.870. The van der Waals surface area contributed by atoms with Crippen molar-refractivity contribution in [2.24, 2.45) is 11.8 Å². The van der Waals surface area contributed by atoms with E-state index in [9.17, 15) is 14.4 Å². The van der Waals surface area contributed by atoms with Gasteiger partial charge in [0.2, 0.25) is 0 Å². The number of carbonyl (C=O) groups excluding carboxylic acids is 1. The maximum atomic E-state index is 14.7. The molecule has 5 heteroatoms. The first kappa shape index (κ1) is 17.9. The van der Waals surface area contributed by atoms with Gasteiger partial charge in [0, 0.05) is 12.5 Å². The van der Waals surface area contributed by atoms with Gasteiger partial charge in [-0.3, -0.25) is 4.79 Å². The Hall–Kier alpha value is -2.45. The van der Waals surface area contributed by atoms with E-state index in [1.807, 2.05) is 30.3 Å². The fourth-order valence-corrected chi connectivity index (χ4v) is 2.98. The van der Waals surface area contributed by atoms with Crippen molar-refractivity contribution in [1.29, 1.82) is 5.26 Å². The largest absolute Gasteiger partial charge is 0.491 e. The zero-order valence-corrected chi connectivity index (χ0v) is 14.1. The molecule has 0 heterocycles. The van der Waals surface area contributed by atoms with Gasteiger partial charge in [-0.1, -0.05) is 30.3 Å². The van der Waals surface area contributed by atoms with E-state index in [4.69, 9.17) is 4.74 Å². The van der Waals surface area contributed by atoms with Gasteiger partial charge in [0.1, 0.15) is 24.1 Å². The topological polar surface area (TPSA) is 62.1 Å². The SMILES string of the molecule is CNCC1C(F)=C(C)C(C(C)=O)=C(OCc2ccccc2)C1C#N. The molecule has 0 saturated carbocycles. The van der Waals surface area contributed by atoms with Crippen LogP contribution in [-0.4, -0.2) is 19.4 Å². The molecule has 4 nitrogen and oxygen atoms in total. The monoisotopic (exact) mass is 328 g/mol. The van der Waals surface area contributed by atoms with Gasteiger partial charge in [0.25, 0.3) is 0 Å². The van der Waals surface area contributed by atoms with Crippen LogP contribution in [0.4, 0.5) is 4.39 Å². The summed E-state index contributed by atoms with van der Waals surface area (Å²) in [4.78, 5) is 12.0. The summed E-state index contributed by atoms with van der Waals surface area (Å²) in [6.45, 7) is 3.45. The summed E-state index contributed by atoms with van der Waals surface area (Å²) in [6.07, 6.45) is 0. The molecule has 0 bridgehead atoms. The first-order valence-corrected chi connectivity index (χ1v) is 7.83. The minimum Gasteiger partial charge on any atom is -0.491 e. The van der Waals surface area contributed by atoms with Gasteiger partial charge in [-0.15, -0.1) is 0 Å². The van der Waals surface area contributed by atoms with Crippen LogP contribution < -0.4 is 5.32 Å². The third kappa shape index (κ3) is 3.55. The number of rotatable bonds is 6. The van der Waals surface area contributed by atoms with Crippen LogP contribution in [0, 0.1) is 23.2 Å². The first-order valence-electron chi connectivity index (χ1n) is 7.83. The highest BCUT2D eigenvalue weighted by Crippen LogP contribution is 2.40. The van der Waals surface area contributed by atoms with Crippen LogP contribution >= 0.6 is 0 Å². The molecule has 1 N–H and O–H groups in total. The van der Waals surface area contributed by atoms with Crippen LogP contribution in [0.3, 0.4) is 0 Å². The second-order valence-corrected chi connectivity index (χ2v) is 5.81. The Morgan fingerprint density at radius 3 is 2.58 bits per heavy atom. The third-order valence-electron chi connectivity index (χ3n) is 4.14. The van der Waals surface area contributed by atoms with Gasteiger partial charge < -0.3 is 10.1 Å². The lowest BCUT2D eigenvalue weighted by molar-refractivity contribution is -0.113. The van der Waals surface area contributed by atoms with Crippen molar-refractivity contribution in [2.75, 3.05) is 13.6 Å². The average Bonchev–Trinajstić information content (AvgIpc) is 2.58. The zero-order chi connectivity index (χ0) is 17.7. The predicted octanol–water partition coefficient (Wildman–Crippen LogP) is 3.28. The second kappa shape index (κ2) is 7.89. The van der Waals surface area contributed by atoms with Crippen LogP contribution in [-0.2, 0) is 16.1 Å². The summed E-state index contributed by atoms with van der Waals surface area (Å²) in [5, 5.41) is 12.5. The van der Waals surface area contributed by atoms with E-state index >= 15 is 0 Å². The molecule has 0 fully saturated rings. The molecular weight excluding hydrogens is 307 g/mol. The van der Waals surface area contributed by atoms with Crippen LogP contribution in [0.15, 0.2) is 53.1 Å². The summed E-state index contributed by atoms with van der Waals surface area (Å²) in [5.74, 6) is -1.94. The van der Waals surface area contributed by atoms with E-state index in [2.05, 4.69) is 11.4 Å². The minimum absolute atomic E-state index is 0.183. The number of nitrogens with zero attached hydrogens (tertiary/aromatic N) is 1. The summed E-state index contributed by atoms with van der Waals surface area (Å²) in [7, 11) is 1.70. The smallest absolute Gasteiger partial charge is 0.163 e. The van der Waals surface area contributed by atoms with Gasteiger partial charge in [-0.25, -0.2) is 4.39 Å². The molecule has 1 aromatic carbocycles. The summed E-state index contributed by atoms with van der Waals surface area (Å²) < 4.78 is 20.5. The van der Waals surface area contributed by atoms with Crippen molar-refractivity contribution in [3.63, 3.8) is 0 Å². The number of benzene rings is 1. The molecule has 0 radical (unpaired) electrons. The van der Waals surface area contributed by atoms with Gasteiger partial charge in [0.15, 0.2) is 5.78 Å². The highest BCUT2D eigenvalue weighted by atomic mass is 19.1. The van der Waals surface area contributed by atoms with Gasteiger partial charge in [0.05, 0.1) is 11.6 Å². The molecule has 24 heavy (non-hydrogen) atoms. The van der Waals surface area contributed by atoms with Crippen molar-refractivity contribution in [2.45, 2.75) is 20.5 Å². The summed E-state index contributed by atoms with van der Waals surface area (Å²) >= 11 is 0. The fourth-order valence-electron chi connectivity index (χ4n) is 2.98. The lowest BCUT2D eigenvalue weighted by atomic mass is 9.79. The lowest BCUT2D eigenvalue weighted by Gasteiger charge is -2.30. The molecule has 1 aliphatic carbocycles. The first-order chi connectivity index (χ1) is 11.5. The molecule has 2 rings (SSSR count). The summed E-state index contributed by atoms with van der Waals surface area (Å²) in [5.41, 5.74) is 1.36. The standard InChI is InChI=1S/C19H21FN2O2/c1-12-17(13(2)23)19(24-11-14-7-5-4-6-8-14)15(9-21)16(10-22-3)18(12)20/h4-8,15-16,22H,10-11H2,1-3H3. The Morgan fingerprint density at radius 2 is 2.04 bits per heavy atom. The highest BCUT2D eigenvalue weighted by Gasteiger charge is 2.39. The van der Waals surface area contributed by atoms with Crippen LogP contribution in [0.5, 0.6) is 0 Å². The molecule has 0 saturated heterocycles. The van der Waals surface area contributed by atoms with E-state index in [0.29, 0.717) is 6.54 Å². The van der Waals surface area contributed by atoms with Crippen LogP contribution in [0.25, 0.3) is 0 Å². The van der Waals surface area contributed by atoms with Crippen LogP contribution in [0.1, 0.15) is 19.4 Å². The highest BCUT2D eigenvalue weighted by molar-refractivity contribution is 5.98. The number of halogens is 1. The number of ketones is 1. The Bertz CT molecular complexity index is 717. The van der Waals surface area contributed by atoms with Gasteiger partial charge >= 0.3 is 0 Å². The van der Waals surface area contributed by atoms with Crippen molar-refractivity contribution >= 4 is 5.78 Å². The van der Waals surface area contributed by atoms with E-state index in [1.54, 1.807) is 14.0 Å². The Morgan fingerprint density at radius 1 is 1.38 bits per heavy atom. The Labute approximate surface area is 141 Å². The van der Waals surface area contributed by atoms with Crippen molar-refractivity contribution in [1.82, 2.24) is 5.32 Å². The second-order valence-electron chi connectivity index (χ2n) is 5.81. The molecule has 0 aromatic heterocycles. The molecule has 126 valence electrons. The molecule has 1 aliphatic rings. The molecule has 1 aromatic rings. The molecular formula is C19H21FN2O2. The van der Waals surface area contributed by atoms with Crippen molar-refractivity contribution in [3.05, 3.63) is 58.6 Å². The van der Waals surface area contributed by atoms with Crippen molar-refractivity contribution < 1.29 is 13.9 Å². The number of hydrogen-bond donors (Lipinski definition) is 1. The van der Waals surface area contributed by atoms with E-state index in [1.165, 1.54) is 6.92 Å². The van der Waals surface area contributed by atoms with Gasteiger partial charge in [-0.2, -0.15) is 5.26 Å². The molecule has 2 atom stereocenters. The molecule has 0 amide bonds. The van der Waals surface area contributed by atoms with Gasteiger partial charge in [-0.05, 0) is 32.0 Å². The maximum absolute atomic E-state index is 14.7. The number of ether oxygens (including phenoxy) is 1. The number of nitrogens with one attached hydrogen (secondary N) is 1. The number of nitriles is 1. The van der Waals surface area contributed by atoms with Crippen molar-refractivity contribution in [3.8, 4) is 6.07 Å².